The third-order valence-electron chi connectivity index (χ3n) is 7.34. The fraction of sp³-hybridized carbons (Fsp3) is 0.278. The molecule has 210 valence electrons. The molecular weight excluding hydrogens is 506 g/mol. The Balaban J connectivity index is 1.06. The topological polar surface area (TPSA) is 56.1 Å². The van der Waals surface area contributed by atoms with Crippen molar-refractivity contribution in [3.63, 3.8) is 0 Å². The Morgan fingerprint density at radius 2 is 1.51 bits per heavy atom. The van der Waals surface area contributed by atoms with Gasteiger partial charge in [-0.25, -0.2) is 4.98 Å². The zero-order valence-electron chi connectivity index (χ0n) is 24.1. The van der Waals surface area contributed by atoms with E-state index in [4.69, 9.17) is 9.72 Å². The Morgan fingerprint density at radius 1 is 0.805 bits per heavy atom. The number of rotatable bonds is 13. The molecule has 5 nitrogen and oxygen atoms in total. The molecule has 0 aliphatic carbocycles. The molecule has 1 N–H and O–H groups in total. The summed E-state index contributed by atoms with van der Waals surface area (Å²) >= 11 is 0. The van der Waals surface area contributed by atoms with Gasteiger partial charge in [0, 0.05) is 13.0 Å². The molecule has 5 rings (SSSR count). The van der Waals surface area contributed by atoms with E-state index in [0.717, 1.165) is 66.0 Å². The summed E-state index contributed by atoms with van der Waals surface area (Å²) in [7, 11) is 0. The second-order valence-corrected chi connectivity index (χ2v) is 10.7. The largest absolute Gasteiger partial charge is 0.492 e. The lowest BCUT2D eigenvalue weighted by molar-refractivity contribution is -0.120. The maximum absolute atomic E-state index is 12.5. The Hall–Kier alpha value is -4.38. The molecule has 5 aromatic rings. The van der Waals surface area contributed by atoms with E-state index in [2.05, 4.69) is 84.4 Å². The molecule has 0 unspecified atom stereocenters. The van der Waals surface area contributed by atoms with Crippen LogP contribution in [0.5, 0.6) is 5.75 Å². The Kier molecular flexibility index (Phi) is 9.48. The summed E-state index contributed by atoms with van der Waals surface area (Å²) in [6.07, 6.45) is 4.32. The normalized spacial score (nSPS) is 11.1. The van der Waals surface area contributed by atoms with Gasteiger partial charge in [0.2, 0.25) is 5.91 Å². The van der Waals surface area contributed by atoms with Crippen LogP contribution in [0, 0.1) is 13.8 Å². The number of nitrogens with one attached hydrogen (secondary N) is 1. The summed E-state index contributed by atoms with van der Waals surface area (Å²) in [4.78, 5) is 17.4. The molecule has 1 amide bonds. The number of nitrogens with zero attached hydrogens (tertiary/aromatic N) is 2. The van der Waals surface area contributed by atoms with Crippen molar-refractivity contribution in [3.05, 3.63) is 120 Å². The second kappa shape index (κ2) is 13.8. The van der Waals surface area contributed by atoms with Gasteiger partial charge in [0.05, 0.1) is 24.0 Å². The standard InChI is InChI=1S/C36H39N3O2/c1-27-23-28(2)25-32(24-27)41-22-21-39-34-14-9-8-13-33(34)38-35(39)15-7-4-10-20-37-36(40)26-29-16-18-31(19-17-29)30-11-5-3-6-12-30/h3,5-6,8-9,11-14,16-19,23-25H,4,7,10,15,20-22,26H2,1-2H3,(H,37,40). The van der Waals surface area contributed by atoms with Crippen LogP contribution in [0.3, 0.4) is 0 Å². The molecule has 0 bridgehead atoms. The van der Waals surface area contributed by atoms with Gasteiger partial charge < -0.3 is 14.6 Å². The SMILES string of the molecule is Cc1cc(C)cc(OCCn2c(CCCCCNC(=O)Cc3ccc(-c4ccccc4)cc3)nc3ccccc32)c1. The highest BCUT2D eigenvalue weighted by molar-refractivity contribution is 5.79. The van der Waals surface area contributed by atoms with Gasteiger partial charge in [0.25, 0.3) is 0 Å². The van der Waals surface area contributed by atoms with Crippen molar-refractivity contribution in [1.29, 1.82) is 0 Å². The summed E-state index contributed by atoms with van der Waals surface area (Å²) in [6.45, 7) is 6.23. The first kappa shape index (κ1) is 28.2. The van der Waals surface area contributed by atoms with Crippen LogP contribution in [-0.4, -0.2) is 28.6 Å². The number of carbonyl (C=O) groups is 1. The molecule has 0 spiro atoms. The van der Waals surface area contributed by atoms with Gasteiger partial charge >= 0.3 is 0 Å². The molecule has 0 saturated carbocycles. The summed E-state index contributed by atoms with van der Waals surface area (Å²) in [5.74, 6) is 2.08. The summed E-state index contributed by atoms with van der Waals surface area (Å²) in [5, 5.41) is 3.08. The Morgan fingerprint density at radius 3 is 2.29 bits per heavy atom. The molecule has 41 heavy (non-hydrogen) atoms. The zero-order chi connectivity index (χ0) is 28.4. The van der Waals surface area contributed by atoms with Crippen LogP contribution in [-0.2, 0) is 24.2 Å². The minimum absolute atomic E-state index is 0.0723. The molecule has 0 fully saturated rings. The van der Waals surface area contributed by atoms with E-state index in [1.165, 1.54) is 16.7 Å². The van der Waals surface area contributed by atoms with E-state index in [9.17, 15) is 4.79 Å². The lowest BCUT2D eigenvalue weighted by atomic mass is 10.0. The van der Waals surface area contributed by atoms with Crippen molar-refractivity contribution in [3.8, 4) is 16.9 Å². The molecule has 0 aliphatic heterocycles. The maximum Gasteiger partial charge on any atom is 0.224 e. The van der Waals surface area contributed by atoms with E-state index >= 15 is 0 Å². The molecule has 1 aromatic heterocycles. The fourth-order valence-electron chi connectivity index (χ4n) is 5.34. The number of unbranched alkanes of at least 4 members (excludes halogenated alkanes) is 2. The number of amides is 1. The molecule has 5 heteroatoms. The summed E-state index contributed by atoms with van der Waals surface area (Å²) < 4.78 is 8.40. The summed E-state index contributed by atoms with van der Waals surface area (Å²) in [6, 6.07) is 33.2. The number of para-hydroxylation sites is 2. The highest BCUT2D eigenvalue weighted by Gasteiger charge is 2.11. The maximum atomic E-state index is 12.5. The van der Waals surface area contributed by atoms with Crippen LogP contribution in [0.15, 0.2) is 97.1 Å². The number of aromatic nitrogens is 2. The number of imidazole rings is 1. The van der Waals surface area contributed by atoms with Crippen LogP contribution in [0.25, 0.3) is 22.2 Å². The number of aryl methyl sites for hydroxylation is 3. The number of ether oxygens (including phenoxy) is 1. The quantitative estimate of drug-likeness (QED) is 0.156. The lowest BCUT2D eigenvalue weighted by Gasteiger charge is -2.12. The predicted molar refractivity (Wildman–Crippen MR) is 167 cm³/mol. The van der Waals surface area contributed by atoms with Gasteiger partial charge in [-0.15, -0.1) is 0 Å². The smallest absolute Gasteiger partial charge is 0.224 e. The monoisotopic (exact) mass is 545 g/mol. The minimum atomic E-state index is 0.0723. The van der Waals surface area contributed by atoms with Crippen molar-refractivity contribution >= 4 is 16.9 Å². The molecule has 4 aromatic carbocycles. The number of hydrogen-bond donors (Lipinski definition) is 1. The average molecular weight is 546 g/mol. The predicted octanol–water partition coefficient (Wildman–Crippen LogP) is 7.47. The zero-order valence-corrected chi connectivity index (χ0v) is 24.1. The Bertz CT molecular complexity index is 1550. The van der Waals surface area contributed by atoms with E-state index < -0.39 is 0 Å². The van der Waals surface area contributed by atoms with Gasteiger partial charge in [-0.05, 0) is 78.8 Å². The van der Waals surface area contributed by atoms with E-state index in [1.807, 2.05) is 36.4 Å². The number of fused-ring (bicyclic) bond motifs is 1. The average Bonchev–Trinajstić information content (AvgIpc) is 3.32. The number of hydrogen-bond acceptors (Lipinski definition) is 3. The lowest BCUT2D eigenvalue weighted by Crippen LogP contribution is -2.26. The Labute approximate surface area is 243 Å². The van der Waals surface area contributed by atoms with Gasteiger partial charge in [0.15, 0.2) is 0 Å². The van der Waals surface area contributed by atoms with Crippen molar-refractivity contribution in [2.75, 3.05) is 13.2 Å². The molecule has 0 aliphatic rings. The van der Waals surface area contributed by atoms with Crippen molar-refractivity contribution in [2.45, 2.75) is 52.5 Å². The fourth-order valence-corrected chi connectivity index (χ4v) is 5.34. The second-order valence-electron chi connectivity index (χ2n) is 10.7. The third kappa shape index (κ3) is 7.85. The minimum Gasteiger partial charge on any atom is -0.492 e. The first-order valence-corrected chi connectivity index (χ1v) is 14.6. The molecular formula is C36H39N3O2. The van der Waals surface area contributed by atoms with Crippen LogP contribution >= 0.6 is 0 Å². The van der Waals surface area contributed by atoms with E-state index in [1.54, 1.807) is 0 Å². The first-order valence-electron chi connectivity index (χ1n) is 14.6. The van der Waals surface area contributed by atoms with Crippen LogP contribution in [0.4, 0.5) is 0 Å². The molecule has 0 saturated heterocycles. The van der Waals surface area contributed by atoms with Crippen LogP contribution < -0.4 is 10.1 Å². The molecule has 0 atom stereocenters. The van der Waals surface area contributed by atoms with Crippen molar-refractivity contribution < 1.29 is 9.53 Å². The van der Waals surface area contributed by atoms with Gasteiger partial charge in [0.1, 0.15) is 18.2 Å². The van der Waals surface area contributed by atoms with Gasteiger partial charge in [-0.3, -0.25) is 4.79 Å². The van der Waals surface area contributed by atoms with Gasteiger partial charge in [-0.1, -0.05) is 79.2 Å². The van der Waals surface area contributed by atoms with Crippen molar-refractivity contribution in [2.24, 2.45) is 0 Å². The van der Waals surface area contributed by atoms with Gasteiger partial charge in [-0.2, -0.15) is 0 Å². The van der Waals surface area contributed by atoms with Crippen LogP contribution in [0.1, 0.15) is 41.8 Å². The van der Waals surface area contributed by atoms with E-state index in [0.29, 0.717) is 19.6 Å². The highest BCUT2D eigenvalue weighted by atomic mass is 16.5. The molecule has 1 heterocycles. The third-order valence-corrected chi connectivity index (χ3v) is 7.34. The van der Waals surface area contributed by atoms with E-state index in [-0.39, 0.29) is 5.91 Å². The number of benzene rings is 4. The molecule has 0 radical (unpaired) electrons. The number of carbonyl (C=O) groups excluding carboxylic acids is 1. The highest BCUT2D eigenvalue weighted by Crippen LogP contribution is 2.21. The first-order chi connectivity index (χ1) is 20.0. The van der Waals surface area contributed by atoms with Crippen molar-refractivity contribution in [1.82, 2.24) is 14.9 Å². The van der Waals surface area contributed by atoms with Crippen LogP contribution in [0.2, 0.25) is 0 Å². The summed E-state index contributed by atoms with van der Waals surface area (Å²) in [5.41, 5.74) is 7.97.